The quantitative estimate of drug-likeness (QED) is 0.365. The summed E-state index contributed by atoms with van der Waals surface area (Å²) < 4.78 is 3.18. The molecule has 62 valence electrons. The summed E-state index contributed by atoms with van der Waals surface area (Å²) in [5.74, 6) is 2.22. The zero-order chi connectivity index (χ0) is 7.66. The summed E-state index contributed by atoms with van der Waals surface area (Å²) in [6, 6.07) is 0. The predicted molar refractivity (Wildman–Crippen MR) is 55.5 cm³/mol. The standard InChI is InChI=1S/C5H14N2S3/c1-8-7-3-5-10-9-4-2-6/h7H,2-6H2,1H3. The van der Waals surface area contributed by atoms with Crippen LogP contribution in [-0.4, -0.2) is 30.9 Å². The third-order valence-corrected chi connectivity index (χ3v) is 3.65. The molecule has 0 aliphatic heterocycles. The van der Waals surface area contributed by atoms with Crippen LogP contribution in [0.25, 0.3) is 0 Å². The molecule has 0 aliphatic carbocycles. The Morgan fingerprint density at radius 3 is 2.60 bits per heavy atom. The third kappa shape index (κ3) is 8.97. The van der Waals surface area contributed by atoms with E-state index in [1.54, 1.807) is 11.9 Å². The summed E-state index contributed by atoms with van der Waals surface area (Å²) in [6.45, 7) is 1.86. The number of nitrogens with one attached hydrogen (secondary N) is 1. The fourth-order valence-corrected chi connectivity index (χ4v) is 2.55. The number of hydrogen-bond acceptors (Lipinski definition) is 5. The Labute approximate surface area is 75.0 Å². The highest BCUT2D eigenvalue weighted by Crippen LogP contribution is 2.18. The van der Waals surface area contributed by atoms with Crippen LogP contribution < -0.4 is 10.5 Å². The van der Waals surface area contributed by atoms with Crippen molar-refractivity contribution in [2.75, 3.05) is 30.9 Å². The average molecular weight is 198 g/mol. The van der Waals surface area contributed by atoms with E-state index in [1.807, 2.05) is 27.8 Å². The molecule has 10 heavy (non-hydrogen) atoms. The molecule has 0 saturated heterocycles. The predicted octanol–water partition coefficient (Wildman–Crippen LogP) is 1.19. The van der Waals surface area contributed by atoms with Crippen LogP contribution >= 0.6 is 33.5 Å². The van der Waals surface area contributed by atoms with Gasteiger partial charge in [0, 0.05) is 24.6 Å². The first kappa shape index (κ1) is 11.0. The summed E-state index contributed by atoms with van der Waals surface area (Å²) in [4.78, 5) is 0. The van der Waals surface area contributed by atoms with Crippen LogP contribution in [0.3, 0.4) is 0 Å². The van der Waals surface area contributed by atoms with Gasteiger partial charge in [0.15, 0.2) is 0 Å². The van der Waals surface area contributed by atoms with E-state index in [-0.39, 0.29) is 0 Å². The second-order valence-electron chi connectivity index (χ2n) is 1.53. The Morgan fingerprint density at radius 1 is 1.30 bits per heavy atom. The van der Waals surface area contributed by atoms with Gasteiger partial charge in [0.2, 0.25) is 0 Å². The van der Waals surface area contributed by atoms with Crippen molar-refractivity contribution >= 4 is 33.5 Å². The van der Waals surface area contributed by atoms with Crippen molar-refractivity contribution in [2.24, 2.45) is 5.73 Å². The van der Waals surface area contributed by atoms with Gasteiger partial charge < -0.3 is 5.73 Å². The van der Waals surface area contributed by atoms with Crippen LogP contribution in [0.15, 0.2) is 0 Å². The fraction of sp³-hybridized carbons (Fsp3) is 1.00. The van der Waals surface area contributed by atoms with Gasteiger partial charge in [-0.2, -0.15) is 0 Å². The largest absolute Gasteiger partial charge is 0.330 e. The van der Waals surface area contributed by atoms with Crippen molar-refractivity contribution in [1.29, 1.82) is 0 Å². The van der Waals surface area contributed by atoms with Crippen LogP contribution in [0.2, 0.25) is 0 Å². The van der Waals surface area contributed by atoms with E-state index in [9.17, 15) is 0 Å². The minimum atomic E-state index is 0.785. The Hall–Kier alpha value is 0.970. The van der Waals surface area contributed by atoms with Crippen molar-refractivity contribution in [1.82, 2.24) is 4.72 Å². The summed E-state index contributed by atoms with van der Waals surface area (Å²) in [7, 11) is 3.72. The molecule has 0 aromatic rings. The van der Waals surface area contributed by atoms with Crippen LogP contribution in [0, 0.1) is 0 Å². The summed E-state index contributed by atoms with van der Waals surface area (Å²) >= 11 is 1.67. The molecule has 0 spiro atoms. The lowest BCUT2D eigenvalue weighted by Gasteiger charge is -1.98. The van der Waals surface area contributed by atoms with Gasteiger partial charge in [-0.25, -0.2) is 0 Å². The molecule has 0 aliphatic rings. The lowest BCUT2D eigenvalue weighted by Crippen LogP contribution is -2.06. The van der Waals surface area contributed by atoms with Crippen molar-refractivity contribution in [3.05, 3.63) is 0 Å². The van der Waals surface area contributed by atoms with Crippen LogP contribution in [-0.2, 0) is 0 Å². The van der Waals surface area contributed by atoms with Crippen molar-refractivity contribution < 1.29 is 0 Å². The molecule has 0 unspecified atom stereocenters. The van der Waals surface area contributed by atoms with Gasteiger partial charge in [0.1, 0.15) is 0 Å². The summed E-state index contributed by atoms with van der Waals surface area (Å²) in [6.07, 6.45) is 2.04. The molecule has 5 heteroatoms. The number of nitrogens with two attached hydrogens (primary N) is 1. The second kappa shape index (κ2) is 9.97. The van der Waals surface area contributed by atoms with Crippen LogP contribution in [0.4, 0.5) is 0 Å². The van der Waals surface area contributed by atoms with Gasteiger partial charge in [-0.05, 0) is 6.26 Å². The highest BCUT2D eigenvalue weighted by molar-refractivity contribution is 8.76. The Morgan fingerprint density at radius 2 is 2.00 bits per heavy atom. The monoisotopic (exact) mass is 198 g/mol. The molecule has 0 heterocycles. The van der Waals surface area contributed by atoms with E-state index in [0.29, 0.717) is 0 Å². The zero-order valence-electron chi connectivity index (χ0n) is 6.13. The van der Waals surface area contributed by atoms with Gasteiger partial charge in [-0.1, -0.05) is 33.5 Å². The Bertz CT molecular complexity index is 54.9. The average Bonchev–Trinajstić information content (AvgIpc) is 1.97. The van der Waals surface area contributed by atoms with Crippen molar-refractivity contribution in [3.8, 4) is 0 Å². The van der Waals surface area contributed by atoms with E-state index in [1.165, 1.54) is 0 Å². The van der Waals surface area contributed by atoms with Crippen LogP contribution in [0.1, 0.15) is 0 Å². The topological polar surface area (TPSA) is 38.0 Å². The van der Waals surface area contributed by atoms with E-state index in [2.05, 4.69) is 4.72 Å². The first-order valence-corrected chi connectivity index (χ1v) is 6.83. The normalized spacial score (nSPS) is 10.2. The molecule has 0 bridgehead atoms. The lowest BCUT2D eigenvalue weighted by molar-refractivity contribution is 1.05. The molecule has 0 aromatic heterocycles. The molecule has 0 rings (SSSR count). The molecule has 0 amide bonds. The van der Waals surface area contributed by atoms with Gasteiger partial charge in [0.25, 0.3) is 0 Å². The highest BCUT2D eigenvalue weighted by atomic mass is 33.1. The van der Waals surface area contributed by atoms with E-state index < -0.39 is 0 Å². The minimum absolute atomic E-state index is 0.785. The zero-order valence-corrected chi connectivity index (χ0v) is 8.58. The molecule has 0 atom stereocenters. The maximum absolute atomic E-state index is 5.32. The minimum Gasteiger partial charge on any atom is -0.330 e. The Kier molecular flexibility index (Phi) is 10.9. The molecule has 0 radical (unpaired) electrons. The SMILES string of the molecule is CSNCCSSCCN. The van der Waals surface area contributed by atoms with Gasteiger partial charge in [-0.15, -0.1) is 0 Å². The Balaban J connectivity index is 2.65. The first-order valence-electron chi connectivity index (χ1n) is 3.12. The maximum Gasteiger partial charge on any atom is 0.0172 e. The molecule has 0 aromatic carbocycles. The first-order chi connectivity index (χ1) is 4.91. The van der Waals surface area contributed by atoms with Gasteiger partial charge >= 0.3 is 0 Å². The molecule has 2 nitrogen and oxygen atoms in total. The maximum atomic E-state index is 5.32. The highest BCUT2D eigenvalue weighted by Gasteiger charge is 1.87. The number of rotatable bonds is 7. The smallest absolute Gasteiger partial charge is 0.0172 e. The van der Waals surface area contributed by atoms with E-state index in [4.69, 9.17) is 5.73 Å². The van der Waals surface area contributed by atoms with Crippen molar-refractivity contribution in [2.45, 2.75) is 0 Å². The molecular formula is C5H14N2S3. The van der Waals surface area contributed by atoms with Gasteiger partial charge in [-0.3, -0.25) is 4.72 Å². The van der Waals surface area contributed by atoms with E-state index >= 15 is 0 Å². The third-order valence-electron chi connectivity index (χ3n) is 0.716. The second-order valence-corrected chi connectivity index (χ2v) is 4.93. The molecule has 3 N–H and O–H groups in total. The fourth-order valence-electron chi connectivity index (χ4n) is 0.351. The number of hydrogen-bond donors (Lipinski definition) is 2. The lowest BCUT2D eigenvalue weighted by atomic mass is 10.8. The molecule has 0 saturated carbocycles. The summed E-state index contributed by atoms with van der Waals surface area (Å²) in [5, 5.41) is 0. The van der Waals surface area contributed by atoms with Crippen molar-refractivity contribution in [3.63, 3.8) is 0 Å². The van der Waals surface area contributed by atoms with E-state index in [0.717, 1.165) is 24.6 Å². The molecule has 0 fully saturated rings. The van der Waals surface area contributed by atoms with Gasteiger partial charge in [0.05, 0.1) is 0 Å². The summed E-state index contributed by atoms with van der Waals surface area (Å²) in [5.41, 5.74) is 5.32. The van der Waals surface area contributed by atoms with Crippen LogP contribution in [0.5, 0.6) is 0 Å². The molecular weight excluding hydrogens is 184 g/mol.